The molecule has 2 rings (SSSR count). The maximum atomic E-state index is 12.3. The van der Waals surface area contributed by atoms with Crippen molar-refractivity contribution in [2.75, 3.05) is 7.05 Å². The fourth-order valence-electron chi connectivity index (χ4n) is 2.86. The Bertz CT molecular complexity index is 463. The van der Waals surface area contributed by atoms with Gasteiger partial charge in [0.2, 0.25) is 5.91 Å². The second-order valence-corrected chi connectivity index (χ2v) is 6.48. The van der Waals surface area contributed by atoms with Crippen LogP contribution in [0.25, 0.3) is 0 Å². The zero-order valence-electron chi connectivity index (χ0n) is 11.8. The van der Waals surface area contributed by atoms with Gasteiger partial charge in [-0.25, -0.2) is 0 Å². The summed E-state index contributed by atoms with van der Waals surface area (Å²) in [5, 5.41) is 13.5. The highest BCUT2D eigenvalue weighted by molar-refractivity contribution is 7.07. The van der Waals surface area contributed by atoms with Gasteiger partial charge in [0, 0.05) is 20.0 Å². The normalized spacial score (nSPS) is 17.6. The van der Waals surface area contributed by atoms with Gasteiger partial charge in [0.25, 0.3) is 0 Å². The largest absolute Gasteiger partial charge is 0.481 e. The van der Waals surface area contributed by atoms with Crippen molar-refractivity contribution in [3.8, 4) is 0 Å². The summed E-state index contributed by atoms with van der Waals surface area (Å²) in [5.74, 6) is -0.880. The quantitative estimate of drug-likeness (QED) is 0.908. The molecule has 20 heavy (non-hydrogen) atoms. The van der Waals surface area contributed by atoms with Crippen LogP contribution in [0.2, 0.25) is 0 Å². The molecule has 0 spiro atoms. The van der Waals surface area contributed by atoms with Gasteiger partial charge in [-0.2, -0.15) is 11.3 Å². The van der Waals surface area contributed by atoms with E-state index in [0.29, 0.717) is 19.4 Å². The fourth-order valence-corrected chi connectivity index (χ4v) is 3.52. The van der Waals surface area contributed by atoms with E-state index in [2.05, 4.69) is 0 Å². The molecule has 0 aromatic carbocycles. The van der Waals surface area contributed by atoms with E-state index in [4.69, 9.17) is 0 Å². The molecular weight excluding hydrogens is 274 g/mol. The highest BCUT2D eigenvalue weighted by Crippen LogP contribution is 2.40. The molecule has 1 heterocycles. The molecule has 0 unspecified atom stereocenters. The Morgan fingerprint density at radius 2 is 2.05 bits per heavy atom. The van der Waals surface area contributed by atoms with Crippen molar-refractivity contribution in [3.63, 3.8) is 0 Å². The Kier molecular flexibility index (Phi) is 4.81. The first kappa shape index (κ1) is 15.0. The summed E-state index contributed by atoms with van der Waals surface area (Å²) >= 11 is 1.60. The second kappa shape index (κ2) is 6.39. The topological polar surface area (TPSA) is 57.6 Å². The minimum absolute atomic E-state index is 0.0690. The summed E-state index contributed by atoms with van der Waals surface area (Å²) in [6, 6.07) is 1.99. The van der Waals surface area contributed by atoms with Gasteiger partial charge in [0.15, 0.2) is 0 Å². The lowest BCUT2D eigenvalue weighted by molar-refractivity contribution is -0.155. The van der Waals surface area contributed by atoms with Crippen molar-refractivity contribution in [2.24, 2.45) is 5.41 Å². The number of hydrogen-bond donors (Lipinski definition) is 1. The van der Waals surface area contributed by atoms with Crippen LogP contribution in [-0.2, 0) is 16.1 Å². The van der Waals surface area contributed by atoms with E-state index >= 15 is 0 Å². The van der Waals surface area contributed by atoms with Crippen LogP contribution in [0.15, 0.2) is 16.8 Å². The van der Waals surface area contributed by atoms with E-state index in [-0.39, 0.29) is 12.3 Å². The monoisotopic (exact) mass is 295 g/mol. The third-order valence-electron chi connectivity index (χ3n) is 4.18. The Morgan fingerprint density at radius 1 is 1.35 bits per heavy atom. The average Bonchev–Trinajstić information content (AvgIpc) is 2.92. The SMILES string of the molecule is CN(Cc1ccsc1)C(=O)CC1(C(=O)O)CCCCC1. The van der Waals surface area contributed by atoms with E-state index in [1.165, 1.54) is 0 Å². The molecule has 1 aliphatic rings. The van der Waals surface area contributed by atoms with Crippen molar-refractivity contribution in [1.82, 2.24) is 4.90 Å². The van der Waals surface area contributed by atoms with Crippen LogP contribution in [0.1, 0.15) is 44.1 Å². The summed E-state index contributed by atoms with van der Waals surface area (Å²) in [6.45, 7) is 0.554. The van der Waals surface area contributed by atoms with Crippen molar-refractivity contribution < 1.29 is 14.7 Å². The molecule has 1 aliphatic carbocycles. The number of carboxylic acids is 1. The zero-order valence-corrected chi connectivity index (χ0v) is 12.6. The van der Waals surface area contributed by atoms with Crippen LogP contribution in [0.4, 0.5) is 0 Å². The van der Waals surface area contributed by atoms with Gasteiger partial charge in [-0.05, 0) is 35.2 Å². The van der Waals surface area contributed by atoms with E-state index in [9.17, 15) is 14.7 Å². The first-order chi connectivity index (χ1) is 9.53. The van der Waals surface area contributed by atoms with Crippen molar-refractivity contribution in [2.45, 2.75) is 45.1 Å². The highest BCUT2D eigenvalue weighted by atomic mass is 32.1. The molecule has 4 nitrogen and oxygen atoms in total. The summed E-state index contributed by atoms with van der Waals surface area (Å²) in [5.41, 5.74) is 0.261. The number of hydrogen-bond acceptors (Lipinski definition) is 3. The molecule has 5 heteroatoms. The molecular formula is C15H21NO3S. The number of nitrogens with zero attached hydrogens (tertiary/aromatic N) is 1. The minimum atomic E-state index is -0.835. The lowest BCUT2D eigenvalue weighted by atomic mass is 9.71. The molecule has 1 aromatic rings. The van der Waals surface area contributed by atoms with Crippen molar-refractivity contribution in [1.29, 1.82) is 0 Å². The molecule has 0 bridgehead atoms. The molecule has 1 amide bonds. The Morgan fingerprint density at radius 3 is 2.60 bits per heavy atom. The third kappa shape index (κ3) is 3.39. The Balaban J connectivity index is 1.99. The summed E-state index contributed by atoms with van der Waals surface area (Å²) in [4.78, 5) is 25.5. The van der Waals surface area contributed by atoms with Gasteiger partial charge in [0.05, 0.1) is 5.41 Å². The molecule has 0 saturated heterocycles. The van der Waals surface area contributed by atoms with Crippen LogP contribution in [0.3, 0.4) is 0 Å². The van der Waals surface area contributed by atoms with Crippen LogP contribution >= 0.6 is 11.3 Å². The fraction of sp³-hybridized carbons (Fsp3) is 0.600. The van der Waals surface area contributed by atoms with Gasteiger partial charge in [-0.3, -0.25) is 9.59 Å². The van der Waals surface area contributed by atoms with Crippen LogP contribution in [-0.4, -0.2) is 28.9 Å². The average molecular weight is 295 g/mol. The molecule has 0 aliphatic heterocycles. The van der Waals surface area contributed by atoms with Crippen LogP contribution in [0.5, 0.6) is 0 Å². The number of thiophene rings is 1. The van der Waals surface area contributed by atoms with Gasteiger partial charge in [0.1, 0.15) is 0 Å². The van der Waals surface area contributed by atoms with E-state index in [0.717, 1.165) is 24.8 Å². The third-order valence-corrected chi connectivity index (χ3v) is 4.91. The lowest BCUT2D eigenvalue weighted by Gasteiger charge is -2.33. The van der Waals surface area contributed by atoms with E-state index in [1.807, 2.05) is 16.8 Å². The molecule has 0 radical (unpaired) electrons. The van der Waals surface area contributed by atoms with Crippen LogP contribution in [0, 0.1) is 5.41 Å². The summed E-state index contributed by atoms with van der Waals surface area (Å²) < 4.78 is 0. The predicted molar refractivity (Wildman–Crippen MR) is 78.6 cm³/mol. The molecule has 0 atom stereocenters. The molecule has 1 aromatic heterocycles. The first-order valence-corrected chi connectivity index (χ1v) is 7.96. The van der Waals surface area contributed by atoms with Crippen LogP contribution < -0.4 is 0 Å². The predicted octanol–water partition coefficient (Wildman–Crippen LogP) is 3.13. The lowest BCUT2D eigenvalue weighted by Crippen LogP contribution is -2.39. The highest BCUT2D eigenvalue weighted by Gasteiger charge is 2.41. The summed E-state index contributed by atoms with van der Waals surface area (Å²) in [7, 11) is 1.75. The van der Waals surface area contributed by atoms with Gasteiger partial charge < -0.3 is 10.0 Å². The van der Waals surface area contributed by atoms with Gasteiger partial charge >= 0.3 is 5.97 Å². The molecule has 1 saturated carbocycles. The second-order valence-electron chi connectivity index (χ2n) is 5.70. The number of aliphatic carboxylic acids is 1. The number of carboxylic acid groups (broad SMARTS) is 1. The maximum Gasteiger partial charge on any atom is 0.310 e. The Hall–Kier alpha value is -1.36. The van der Waals surface area contributed by atoms with Crippen molar-refractivity contribution in [3.05, 3.63) is 22.4 Å². The van der Waals surface area contributed by atoms with Gasteiger partial charge in [-0.15, -0.1) is 0 Å². The maximum absolute atomic E-state index is 12.3. The van der Waals surface area contributed by atoms with E-state index in [1.54, 1.807) is 23.3 Å². The van der Waals surface area contributed by atoms with Crippen molar-refractivity contribution >= 4 is 23.2 Å². The molecule has 110 valence electrons. The number of carbonyl (C=O) groups excluding carboxylic acids is 1. The Labute approximate surface area is 123 Å². The first-order valence-electron chi connectivity index (χ1n) is 7.02. The standard InChI is InChI=1S/C15H21NO3S/c1-16(10-12-5-8-20-11-12)13(17)9-15(14(18)19)6-3-2-4-7-15/h5,8,11H,2-4,6-7,9-10H2,1H3,(H,18,19). The number of amides is 1. The number of carbonyl (C=O) groups is 2. The zero-order chi connectivity index (χ0) is 14.6. The van der Waals surface area contributed by atoms with E-state index < -0.39 is 11.4 Å². The molecule has 1 N–H and O–H groups in total. The molecule has 1 fully saturated rings. The van der Waals surface area contributed by atoms with Gasteiger partial charge in [-0.1, -0.05) is 19.3 Å². The smallest absolute Gasteiger partial charge is 0.310 e. The minimum Gasteiger partial charge on any atom is -0.481 e. The summed E-state index contributed by atoms with van der Waals surface area (Å²) in [6.07, 6.45) is 4.28. The number of rotatable bonds is 5.